The monoisotopic (exact) mass is 281 g/mol. The van der Waals surface area contributed by atoms with Crippen molar-refractivity contribution in [1.82, 2.24) is 9.88 Å². The van der Waals surface area contributed by atoms with E-state index in [0.29, 0.717) is 11.5 Å². The summed E-state index contributed by atoms with van der Waals surface area (Å²) in [7, 11) is -3.65. The third-order valence-electron chi connectivity index (χ3n) is 2.57. The summed E-state index contributed by atoms with van der Waals surface area (Å²) in [5.41, 5.74) is 7.38. The highest BCUT2D eigenvalue weighted by molar-refractivity contribution is 7.89. The first kappa shape index (κ1) is 13.6. The van der Waals surface area contributed by atoms with Crippen LogP contribution in [0, 0.1) is 13.8 Å². The molecule has 7 heteroatoms. The van der Waals surface area contributed by atoms with Crippen LogP contribution in [0.2, 0.25) is 0 Å². The molecule has 0 fully saturated rings. The van der Waals surface area contributed by atoms with E-state index in [1.165, 1.54) is 6.07 Å². The summed E-state index contributed by atoms with van der Waals surface area (Å²) >= 11 is 0. The number of nitrogens with zero attached hydrogens (tertiary/aromatic N) is 1. The molecule has 0 radical (unpaired) electrons. The second-order valence-electron chi connectivity index (χ2n) is 4.29. The SMILES string of the molecule is Cc1ccc(S(=O)(=O)NCc2cc(C)on2)c(N)c1. The molecule has 102 valence electrons. The lowest BCUT2D eigenvalue weighted by molar-refractivity contribution is 0.390. The molecular formula is C12H15N3O3S. The topological polar surface area (TPSA) is 98.2 Å². The average Bonchev–Trinajstić information content (AvgIpc) is 2.72. The summed E-state index contributed by atoms with van der Waals surface area (Å²) in [4.78, 5) is 0.0679. The highest BCUT2D eigenvalue weighted by Gasteiger charge is 2.17. The fourth-order valence-corrected chi connectivity index (χ4v) is 2.77. The van der Waals surface area contributed by atoms with Crippen LogP contribution in [-0.4, -0.2) is 13.6 Å². The van der Waals surface area contributed by atoms with Gasteiger partial charge in [0, 0.05) is 6.07 Å². The first-order chi connectivity index (χ1) is 8.88. The van der Waals surface area contributed by atoms with E-state index in [1.54, 1.807) is 25.1 Å². The van der Waals surface area contributed by atoms with Crippen LogP contribution in [0.5, 0.6) is 0 Å². The molecule has 0 saturated carbocycles. The number of anilines is 1. The number of nitrogen functional groups attached to an aromatic ring is 1. The van der Waals surface area contributed by atoms with Crippen molar-refractivity contribution in [3.8, 4) is 0 Å². The quantitative estimate of drug-likeness (QED) is 0.824. The molecule has 2 rings (SSSR count). The number of aryl methyl sites for hydroxylation is 2. The van der Waals surface area contributed by atoms with Gasteiger partial charge in [0.1, 0.15) is 10.7 Å². The fraction of sp³-hybridized carbons (Fsp3) is 0.250. The average molecular weight is 281 g/mol. The number of benzene rings is 1. The van der Waals surface area contributed by atoms with Crippen molar-refractivity contribution in [2.75, 3.05) is 5.73 Å². The largest absolute Gasteiger partial charge is 0.398 e. The van der Waals surface area contributed by atoms with Crippen molar-refractivity contribution in [2.24, 2.45) is 0 Å². The van der Waals surface area contributed by atoms with E-state index in [2.05, 4.69) is 9.88 Å². The minimum absolute atomic E-state index is 0.0625. The Hall–Kier alpha value is -1.86. The van der Waals surface area contributed by atoms with Gasteiger partial charge in [-0.05, 0) is 31.5 Å². The van der Waals surface area contributed by atoms with Gasteiger partial charge < -0.3 is 10.3 Å². The first-order valence-corrected chi connectivity index (χ1v) is 7.15. The maximum Gasteiger partial charge on any atom is 0.242 e. The zero-order valence-electron chi connectivity index (χ0n) is 10.7. The van der Waals surface area contributed by atoms with Gasteiger partial charge in [0.05, 0.1) is 17.9 Å². The lowest BCUT2D eigenvalue weighted by atomic mass is 10.2. The summed E-state index contributed by atoms with van der Waals surface area (Å²) in [5.74, 6) is 0.629. The minimum atomic E-state index is -3.65. The van der Waals surface area contributed by atoms with E-state index >= 15 is 0 Å². The number of nitrogens with one attached hydrogen (secondary N) is 1. The number of rotatable bonds is 4. The van der Waals surface area contributed by atoms with Crippen LogP contribution in [0.1, 0.15) is 17.0 Å². The molecule has 1 aromatic carbocycles. The van der Waals surface area contributed by atoms with Crippen molar-refractivity contribution >= 4 is 15.7 Å². The van der Waals surface area contributed by atoms with Gasteiger partial charge in [0.25, 0.3) is 0 Å². The number of hydrogen-bond acceptors (Lipinski definition) is 5. The van der Waals surface area contributed by atoms with Gasteiger partial charge in [-0.2, -0.15) is 0 Å². The van der Waals surface area contributed by atoms with E-state index in [9.17, 15) is 8.42 Å². The third-order valence-corrected chi connectivity index (χ3v) is 4.05. The molecular weight excluding hydrogens is 266 g/mol. The minimum Gasteiger partial charge on any atom is -0.398 e. The lowest BCUT2D eigenvalue weighted by Gasteiger charge is -2.08. The van der Waals surface area contributed by atoms with Gasteiger partial charge in [-0.1, -0.05) is 11.2 Å². The molecule has 0 unspecified atom stereocenters. The molecule has 19 heavy (non-hydrogen) atoms. The first-order valence-electron chi connectivity index (χ1n) is 5.66. The Morgan fingerprint density at radius 2 is 2.05 bits per heavy atom. The zero-order valence-corrected chi connectivity index (χ0v) is 11.5. The number of aromatic nitrogens is 1. The van der Waals surface area contributed by atoms with E-state index in [0.717, 1.165) is 5.56 Å². The van der Waals surface area contributed by atoms with Gasteiger partial charge in [-0.15, -0.1) is 0 Å². The predicted octanol–water partition coefficient (Wildman–Crippen LogP) is 1.35. The van der Waals surface area contributed by atoms with Crippen molar-refractivity contribution in [1.29, 1.82) is 0 Å². The van der Waals surface area contributed by atoms with Gasteiger partial charge in [0.2, 0.25) is 10.0 Å². The Balaban J connectivity index is 2.18. The summed E-state index contributed by atoms with van der Waals surface area (Å²) in [5, 5.41) is 3.72. The van der Waals surface area contributed by atoms with Crippen molar-refractivity contribution in [3.05, 3.63) is 41.3 Å². The van der Waals surface area contributed by atoms with Crippen molar-refractivity contribution < 1.29 is 12.9 Å². The molecule has 1 aromatic heterocycles. The summed E-state index contributed by atoms with van der Waals surface area (Å²) in [6, 6.07) is 6.47. The Bertz CT molecular complexity index is 692. The molecule has 1 heterocycles. The van der Waals surface area contributed by atoms with Crippen LogP contribution in [-0.2, 0) is 16.6 Å². The summed E-state index contributed by atoms with van der Waals surface area (Å²) in [6.45, 7) is 3.65. The van der Waals surface area contributed by atoms with Crippen LogP contribution in [0.25, 0.3) is 0 Å². The van der Waals surface area contributed by atoms with Crippen molar-refractivity contribution in [3.63, 3.8) is 0 Å². The Morgan fingerprint density at radius 3 is 2.63 bits per heavy atom. The highest BCUT2D eigenvalue weighted by Crippen LogP contribution is 2.19. The van der Waals surface area contributed by atoms with Crippen LogP contribution in [0.15, 0.2) is 33.7 Å². The Morgan fingerprint density at radius 1 is 1.32 bits per heavy atom. The molecule has 0 saturated heterocycles. The molecule has 2 aromatic rings. The van der Waals surface area contributed by atoms with E-state index in [1.807, 2.05) is 6.92 Å². The molecule has 0 atom stereocenters. The van der Waals surface area contributed by atoms with Gasteiger partial charge >= 0.3 is 0 Å². The van der Waals surface area contributed by atoms with E-state index < -0.39 is 10.0 Å². The molecule has 0 amide bonds. The number of hydrogen-bond donors (Lipinski definition) is 2. The van der Waals surface area contributed by atoms with E-state index in [-0.39, 0.29) is 17.1 Å². The van der Waals surface area contributed by atoms with Gasteiger partial charge in [0.15, 0.2) is 0 Å². The fourth-order valence-electron chi connectivity index (χ4n) is 1.66. The van der Waals surface area contributed by atoms with Gasteiger partial charge in [-0.25, -0.2) is 13.1 Å². The van der Waals surface area contributed by atoms with E-state index in [4.69, 9.17) is 10.3 Å². The van der Waals surface area contributed by atoms with Gasteiger partial charge in [-0.3, -0.25) is 0 Å². The van der Waals surface area contributed by atoms with Crippen LogP contribution < -0.4 is 10.5 Å². The standard InChI is InChI=1S/C12H15N3O3S/c1-8-3-4-12(11(13)5-8)19(16,17)14-7-10-6-9(2)18-15-10/h3-6,14H,7,13H2,1-2H3. The molecule has 0 spiro atoms. The zero-order chi connectivity index (χ0) is 14.0. The van der Waals surface area contributed by atoms with Crippen molar-refractivity contribution in [2.45, 2.75) is 25.3 Å². The Kier molecular flexibility index (Phi) is 3.59. The maximum atomic E-state index is 12.1. The predicted molar refractivity (Wildman–Crippen MR) is 70.9 cm³/mol. The van der Waals surface area contributed by atoms with Crippen LogP contribution in [0.4, 0.5) is 5.69 Å². The third kappa shape index (κ3) is 3.12. The second-order valence-corrected chi connectivity index (χ2v) is 6.03. The second kappa shape index (κ2) is 5.02. The smallest absolute Gasteiger partial charge is 0.242 e. The molecule has 0 aliphatic heterocycles. The normalized spacial score (nSPS) is 11.7. The van der Waals surface area contributed by atoms with Crippen LogP contribution in [0.3, 0.4) is 0 Å². The molecule has 0 bridgehead atoms. The Labute approximate surface area is 111 Å². The highest BCUT2D eigenvalue weighted by atomic mass is 32.2. The molecule has 0 aliphatic rings. The van der Waals surface area contributed by atoms with Crippen LogP contribution >= 0.6 is 0 Å². The molecule has 3 N–H and O–H groups in total. The molecule has 0 aliphatic carbocycles. The molecule has 6 nitrogen and oxygen atoms in total. The maximum absolute atomic E-state index is 12.1. The number of nitrogens with two attached hydrogens (primary N) is 1. The lowest BCUT2D eigenvalue weighted by Crippen LogP contribution is -2.24. The summed E-state index contributed by atoms with van der Waals surface area (Å²) < 4.78 is 31.5. The summed E-state index contributed by atoms with van der Waals surface area (Å²) in [6.07, 6.45) is 0. The number of sulfonamides is 1.